The SMILES string of the molecule is CC(C)NC1(C#N)CCCC1CCN1CCOC(C)C1. The Morgan fingerprint density at radius 3 is 2.95 bits per heavy atom. The lowest BCUT2D eigenvalue weighted by atomic mass is 9.85. The second-order valence-electron chi connectivity index (χ2n) is 6.74. The first kappa shape index (κ1) is 15.8. The molecule has 114 valence electrons. The van der Waals surface area contributed by atoms with Crippen LogP contribution in [-0.4, -0.2) is 48.8 Å². The summed E-state index contributed by atoms with van der Waals surface area (Å²) in [6.45, 7) is 10.4. The summed E-state index contributed by atoms with van der Waals surface area (Å²) < 4.78 is 5.59. The van der Waals surface area contributed by atoms with Crippen LogP contribution in [0.15, 0.2) is 0 Å². The summed E-state index contributed by atoms with van der Waals surface area (Å²) in [4.78, 5) is 2.49. The molecule has 0 aromatic carbocycles. The monoisotopic (exact) mass is 279 g/mol. The molecule has 1 saturated heterocycles. The fraction of sp³-hybridized carbons (Fsp3) is 0.938. The van der Waals surface area contributed by atoms with Crippen LogP contribution in [0, 0.1) is 17.2 Å². The molecular weight excluding hydrogens is 250 g/mol. The number of morpholine rings is 1. The Balaban J connectivity index is 1.89. The normalized spacial score (nSPS) is 35.4. The van der Waals surface area contributed by atoms with E-state index in [0.29, 0.717) is 18.1 Å². The average Bonchev–Trinajstić information content (AvgIpc) is 2.79. The predicted molar refractivity (Wildman–Crippen MR) is 80.4 cm³/mol. The summed E-state index contributed by atoms with van der Waals surface area (Å²) in [5.74, 6) is 0.494. The molecular formula is C16H29N3O. The molecule has 4 heteroatoms. The van der Waals surface area contributed by atoms with Crippen molar-refractivity contribution < 1.29 is 4.74 Å². The van der Waals surface area contributed by atoms with E-state index in [4.69, 9.17) is 4.74 Å². The molecule has 1 heterocycles. The van der Waals surface area contributed by atoms with Gasteiger partial charge in [0, 0.05) is 19.1 Å². The molecule has 0 spiro atoms. The second kappa shape index (κ2) is 6.89. The summed E-state index contributed by atoms with van der Waals surface area (Å²) in [5, 5.41) is 13.2. The van der Waals surface area contributed by atoms with Crippen molar-refractivity contribution in [3.05, 3.63) is 0 Å². The first-order valence-electron chi connectivity index (χ1n) is 8.08. The Morgan fingerprint density at radius 2 is 2.30 bits per heavy atom. The van der Waals surface area contributed by atoms with Crippen molar-refractivity contribution in [2.45, 2.75) is 64.1 Å². The summed E-state index contributed by atoms with van der Waals surface area (Å²) in [7, 11) is 0. The van der Waals surface area contributed by atoms with Crippen LogP contribution in [0.3, 0.4) is 0 Å². The van der Waals surface area contributed by atoms with Crippen LogP contribution in [0.4, 0.5) is 0 Å². The molecule has 0 amide bonds. The van der Waals surface area contributed by atoms with Crippen molar-refractivity contribution in [1.82, 2.24) is 10.2 Å². The fourth-order valence-electron chi connectivity index (χ4n) is 3.79. The van der Waals surface area contributed by atoms with E-state index in [1.54, 1.807) is 0 Å². The van der Waals surface area contributed by atoms with E-state index in [9.17, 15) is 5.26 Å². The van der Waals surface area contributed by atoms with E-state index in [-0.39, 0.29) is 5.54 Å². The highest BCUT2D eigenvalue weighted by molar-refractivity contribution is 5.14. The molecule has 2 rings (SSSR count). The third kappa shape index (κ3) is 3.72. The largest absolute Gasteiger partial charge is 0.376 e. The van der Waals surface area contributed by atoms with Crippen molar-refractivity contribution in [3.8, 4) is 6.07 Å². The van der Waals surface area contributed by atoms with Gasteiger partial charge in [-0.25, -0.2) is 0 Å². The van der Waals surface area contributed by atoms with Crippen molar-refractivity contribution >= 4 is 0 Å². The third-order valence-electron chi connectivity index (χ3n) is 4.69. The molecule has 1 aliphatic heterocycles. The van der Waals surface area contributed by atoms with Gasteiger partial charge in [0.1, 0.15) is 5.54 Å². The summed E-state index contributed by atoms with van der Waals surface area (Å²) in [5.41, 5.74) is -0.286. The Morgan fingerprint density at radius 1 is 1.50 bits per heavy atom. The van der Waals surface area contributed by atoms with E-state index in [0.717, 1.165) is 39.1 Å². The first-order valence-corrected chi connectivity index (χ1v) is 8.08. The van der Waals surface area contributed by atoms with Gasteiger partial charge in [-0.1, -0.05) is 6.42 Å². The van der Waals surface area contributed by atoms with Gasteiger partial charge in [-0.05, 0) is 52.5 Å². The molecule has 1 N–H and O–H groups in total. The van der Waals surface area contributed by atoms with Gasteiger partial charge in [-0.2, -0.15) is 5.26 Å². The van der Waals surface area contributed by atoms with Gasteiger partial charge in [0.2, 0.25) is 0 Å². The third-order valence-corrected chi connectivity index (χ3v) is 4.69. The number of nitrogens with one attached hydrogen (secondary N) is 1. The van der Waals surface area contributed by atoms with Crippen LogP contribution < -0.4 is 5.32 Å². The lowest BCUT2D eigenvalue weighted by Crippen LogP contribution is -2.51. The number of rotatable bonds is 5. The zero-order valence-electron chi connectivity index (χ0n) is 13.2. The molecule has 2 aliphatic rings. The van der Waals surface area contributed by atoms with E-state index in [1.807, 2.05) is 0 Å². The lowest BCUT2D eigenvalue weighted by Gasteiger charge is -2.35. The van der Waals surface area contributed by atoms with Crippen molar-refractivity contribution in [2.24, 2.45) is 5.92 Å². The maximum absolute atomic E-state index is 9.67. The molecule has 2 fully saturated rings. The molecule has 0 aromatic rings. The van der Waals surface area contributed by atoms with Gasteiger partial charge >= 0.3 is 0 Å². The summed E-state index contributed by atoms with van der Waals surface area (Å²) >= 11 is 0. The molecule has 1 saturated carbocycles. The standard InChI is InChI=1S/C16H29N3O/c1-13(2)18-16(12-17)7-4-5-15(16)6-8-19-9-10-20-14(3)11-19/h13-15,18H,4-11H2,1-3H3. The van der Waals surface area contributed by atoms with Crippen molar-refractivity contribution in [2.75, 3.05) is 26.2 Å². The highest BCUT2D eigenvalue weighted by atomic mass is 16.5. The molecule has 3 unspecified atom stereocenters. The zero-order chi connectivity index (χ0) is 14.6. The summed E-state index contributed by atoms with van der Waals surface area (Å²) in [6.07, 6.45) is 4.85. The second-order valence-corrected chi connectivity index (χ2v) is 6.74. The van der Waals surface area contributed by atoms with E-state index < -0.39 is 0 Å². The number of hydrogen-bond donors (Lipinski definition) is 1. The van der Waals surface area contributed by atoms with Gasteiger partial charge in [0.15, 0.2) is 0 Å². The Bertz CT molecular complexity index is 352. The first-order chi connectivity index (χ1) is 9.55. The van der Waals surface area contributed by atoms with Gasteiger partial charge < -0.3 is 4.74 Å². The molecule has 0 radical (unpaired) electrons. The summed E-state index contributed by atoms with van der Waals surface area (Å²) in [6, 6.07) is 2.97. The fourth-order valence-corrected chi connectivity index (χ4v) is 3.79. The molecule has 20 heavy (non-hydrogen) atoms. The van der Waals surface area contributed by atoms with Crippen LogP contribution in [0.25, 0.3) is 0 Å². The number of nitrogens with zero attached hydrogens (tertiary/aromatic N) is 2. The molecule has 4 nitrogen and oxygen atoms in total. The van der Waals surface area contributed by atoms with Gasteiger partial charge in [0.25, 0.3) is 0 Å². The molecule has 0 aromatic heterocycles. The minimum absolute atomic E-state index is 0.286. The van der Waals surface area contributed by atoms with Crippen LogP contribution in [-0.2, 0) is 4.74 Å². The van der Waals surface area contributed by atoms with Gasteiger partial charge in [0.05, 0.1) is 18.8 Å². The van der Waals surface area contributed by atoms with Crippen LogP contribution in [0.5, 0.6) is 0 Å². The molecule has 0 bridgehead atoms. The Hall–Kier alpha value is -0.630. The zero-order valence-corrected chi connectivity index (χ0v) is 13.2. The van der Waals surface area contributed by atoms with Crippen LogP contribution in [0.1, 0.15) is 46.5 Å². The van der Waals surface area contributed by atoms with Crippen LogP contribution in [0.2, 0.25) is 0 Å². The Kier molecular flexibility index (Phi) is 5.42. The number of nitriles is 1. The molecule has 1 aliphatic carbocycles. The van der Waals surface area contributed by atoms with E-state index in [2.05, 4.69) is 37.1 Å². The molecule has 3 atom stereocenters. The minimum Gasteiger partial charge on any atom is -0.376 e. The highest BCUT2D eigenvalue weighted by Gasteiger charge is 2.43. The quantitative estimate of drug-likeness (QED) is 0.838. The number of ether oxygens (including phenoxy) is 1. The van der Waals surface area contributed by atoms with Crippen LogP contribution >= 0.6 is 0 Å². The topological polar surface area (TPSA) is 48.3 Å². The maximum Gasteiger partial charge on any atom is 0.109 e. The van der Waals surface area contributed by atoms with Crippen molar-refractivity contribution in [3.63, 3.8) is 0 Å². The average molecular weight is 279 g/mol. The van der Waals surface area contributed by atoms with Gasteiger partial charge in [-0.3, -0.25) is 10.2 Å². The smallest absolute Gasteiger partial charge is 0.109 e. The lowest BCUT2D eigenvalue weighted by molar-refractivity contribution is -0.0203. The van der Waals surface area contributed by atoms with E-state index >= 15 is 0 Å². The maximum atomic E-state index is 9.67. The van der Waals surface area contributed by atoms with Gasteiger partial charge in [-0.15, -0.1) is 0 Å². The van der Waals surface area contributed by atoms with Crippen molar-refractivity contribution in [1.29, 1.82) is 5.26 Å². The minimum atomic E-state index is -0.286. The van der Waals surface area contributed by atoms with E-state index in [1.165, 1.54) is 12.8 Å². The highest BCUT2D eigenvalue weighted by Crippen LogP contribution is 2.38. The number of hydrogen-bond acceptors (Lipinski definition) is 4. The predicted octanol–water partition coefficient (Wildman–Crippen LogP) is 2.16. The Labute approximate surface area is 123 Å².